The Balaban J connectivity index is 1.72. The Labute approximate surface area is 161 Å². The van der Waals surface area contributed by atoms with Crippen LogP contribution in [-0.4, -0.2) is 34.2 Å². The zero-order valence-corrected chi connectivity index (χ0v) is 16.7. The Morgan fingerprint density at radius 3 is 2.70 bits per heavy atom. The molecule has 3 atom stereocenters. The molecule has 1 amide bonds. The smallest absolute Gasteiger partial charge is 0.250 e. The van der Waals surface area contributed by atoms with Crippen LogP contribution in [0.15, 0.2) is 23.0 Å². The van der Waals surface area contributed by atoms with Gasteiger partial charge in [0.2, 0.25) is 5.91 Å². The molecule has 0 N–H and O–H groups in total. The van der Waals surface area contributed by atoms with E-state index in [1.165, 1.54) is 0 Å². The second kappa shape index (κ2) is 8.85. The Hall–Kier alpha value is -1.91. The summed E-state index contributed by atoms with van der Waals surface area (Å²) in [5.41, 5.74) is 1.14. The van der Waals surface area contributed by atoms with Gasteiger partial charge in [-0.1, -0.05) is 32.3 Å². The number of carbonyl (C=O) groups excluding carboxylic acids is 2. The molecule has 1 aromatic rings. The van der Waals surface area contributed by atoms with Gasteiger partial charge in [0.05, 0.1) is 0 Å². The van der Waals surface area contributed by atoms with E-state index in [1.54, 1.807) is 13.0 Å². The molecule has 1 saturated heterocycles. The minimum Gasteiger partial charge on any atom is -0.341 e. The van der Waals surface area contributed by atoms with Crippen LogP contribution in [0.4, 0.5) is 0 Å². The normalized spacial score (nSPS) is 22.2. The van der Waals surface area contributed by atoms with E-state index in [1.807, 2.05) is 21.6 Å². The van der Waals surface area contributed by atoms with Gasteiger partial charge in [-0.2, -0.15) is 0 Å². The summed E-state index contributed by atoms with van der Waals surface area (Å²) < 4.78 is 1.90. The summed E-state index contributed by atoms with van der Waals surface area (Å²) in [7, 11) is 0. The van der Waals surface area contributed by atoms with E-state index in [-0.39, 0.29) is 29.1 Å². The fraction of sp³-hybridized carbons (Fsp3) is 0.682. The molecule has 1 fully saturated rings. The van der Waals surface area contributed by atoms with Crippen LogP contribution in [0.3, 0.4) is 0 Å². The molecule has 5 nitrogen and oxygen atoms in total. The summed E-state index contributed by atoms with van der Waals surface area (Å²) in [5.74, 6) is 0.932. The van der Waals surface area contributed by atoms with Crippen molar-refractivity contribution in [1.29, 1.82) is 0 Å². The van der Waals surface area contributed by atoms with E-state index < -0.39 is 0 Å². The van der Waals surface area contributed by atoms with Crippen molar-refractivity contribution in [2.24, 2.45) is 11.8 Å². The Bertz CT molecular complexity index is 739. The highest BCUT2D eigenvalue weighted by Gasteiger charge is 2.37. The van der Waals surface area contributed by atoms with Crippen LogP contribution < -0.4 is 5.56 Å². The molecule has 2 aliphatic heterocycles. The predicted molar refractivity (Wildman–Crippen MR) is 106 cm³/mol. The molecule has 2 aliphatic rings. The summed E-state index contributed by atoms with van der Waals surface area (Å²) in [4.78, 5) is 38.9. The third kappa shape index (κ3) is 4.69. The maximum Gasteiger partial charge on any atom is 0.250 e. The van der Waals surface area contributed by atoms with Crippen LogP contribution in [0.25, 0.3) is 0 Å². The lowest BCUT2D eigenvalue weighted by Crippen LogP contribution is -2.50. The molecule has 3 rings (SSSR count). The third-order valence-corrected chi connectivity index (χ3v) is 6.14. The first-order valence-corrected chi connectivity index (χ1v) is 10.5. The number of amides is 1. The number of rotatable bonds is 8. The topological polar surface area (TPSA) is 59.4 Å². The summed E-state index contributed by atoms with van der Waals surface area (Å²) in [6.45, 7) is 5.91. The van der Waals surface area contributed by atoms with Gasteiger partial charge in [-0.25, -0.2) is 0 Å². The highest BCUT2D eigenvalue weighted by molar-refractivity contribution is 5.81. The molecule has 0 spiro atoms. The minimum atomic E-state index is -0.0442. The second-order valence-electron chi connectivity index (χ2n) is 8.37. The van der Waals surface area contributed by atoms with E-state index in [9.17, 15) is 14.4 Å². The number of hydrogen-bond acceptors (Lipinski definition) is 3. The van der Waals surface area contributed by atoms with E-state index in [2.05, 4.69) is 6.92 Å². The van der Waals surface area contributed by atoms with Crippen LogP contribution in [0.5, 0.6) is 0 Å². The van der Waals surface area contributed by atoms with Gasteiger partial charge in [0.1, 0.15) is 5.78 Å². The number of piperidine rings is 1. The van der Waals surface area contributed by atoms with E-state index >= 15 is 0 Å². The number of aromatic nitrogens is 1. The first-order valence-electron chi connectivity index (χ1n) is 10.5. The van der Waals surface area contributed by atoms with Crippen LogP contribution in [0.2, 0.25) is 0 Å². The number of unbranched alkanes of at least 4 members (excludes halogenated alkanes) is 2. The quantitative estimate of drug-likeness (QED) is 0.658. The standard InChI is InChI=1S/C22H32N2O3/c1-3-4-5-7-18(11-10-16(2)25)22(27)23-13-17-12-19(15-23)20-8-6-9-21(26)24(20)14-17/h6,8-9,17-19H,3-5,7,10-15H2,1-2H3. The van der Waals surface area contributed by atoms with Crippen molar-refractivity contribution < 1.29 is 9.59 Å². The summed E-state index contributed by atoms with van der Waals surface area (Å²) in [6, 6.07) is 5.49. The van der Waals surface area contributed by atoms with Crippen LogP contribution >= 0.6 is 0 Å². The minimum absolute atomic E-state index is 0.0442. The lowest BCUT2D eigenvalue weighted by molar-refractivity contribution is -0.139. The fourth-order valence-electron chi connectivity index (χ4n) is 4.74. The number of fused-ring (bicyclic) bond motifs is 4. The lowest BCUT2D eigenvalue weighted by atomic mass is 9.82. The van der Waals surface area contributed by atoms with Crippen LogP contribution in [0.1, 0.15) is 70.4 Å². The van der Waals surface area contributed by atoms with E-state index in [4.69, 9.17) is 0 Å². The molecular weight excluding hydrogens is 340 g/mol. The molecule has 0 aromatic carbocycles. The average Bonchev–Trinajstić information content (AvgIpc) is 2.64. The first-order chi connectivity index (χ1) is 13.0. The molecule has 1 aromatic heterocycles. The molecule has 0 saturated carbocycles. The monoisotopic (exact) mass is 372 g/mol. The first kappa shape index (κ1) is 19.8. The number of likely N-dealkylation sites (tertiary alicyclic amines) is 1. The maximum absolute atomic E-state index is 13.3. The van der Waals surface area contributed by atoms with Gasteiger partial charge in [0.25, 0.3) is 5.56 Å². The van der Waals surface area contributed by atoms with Gasteiger partial charge in [0, 0.05) is 49.7 Å². The second-order valence-corrected chi connectivity index (χ2v) is 8.37. The largest absolute Gasteiger partial charge is 0.341 e. The van der Waals surface area contributed by atoms with Crippen molar-refractivity contribution in [3.8, 4) is 0 Å². The van der Waals surface area contributed by atoms with Crippen molar-refractivity contribution in [1.82, 2.24) is 9.47 Å². The SMILES string of the molecule is CCCCCC(CCC(C)=O)C(=O)N1CC2CC(C1)c1cccc(=O)n1C2. The van der Waals surface area contributed by atoms with Gasteiger partial charge in [-0.15, -0.1) is 0 Å². The number of nitrogens with zero attached hydrogens (tertiary/aromatic N) is 2. The Morgan fingerprint density at radius 1 is 1.15 bits per heavy atom. The van der Waals surface area contributed by atoms with Gasteiger partial charge >= 0.3 is 0 Å². The fourth-order valence-corrected chi connectivity index (χ4v) is 4.74. The number of carbonyl (C=O) groups is 2. The van der Waals surface area contributed by atoms with E-state index in [0.717, 1.165) is 44.3 Å². The van der Waals surface area contributed by atoms with Crippen molar-refractivity contribution in [2.75, 3.05) is 13.1 Å². The molecule has 27 heavy (non-hydrogen) atoms. The maximum atomic E-state index is 13.3. The van der Waals surface area contributed by atoms with Gasteiger partial charge in [0.15, 0.2) is 0 Å². The van der Waals surface area contributed by atoms with Crippen molar-refractivity contribution in [3.05, 3.63) is 34.2 Å². The van der Waals surface area contributed by atoms with Crippen molar-refractivity contribution in [3.63, 3.8) is 0 Å². The van der Waals surface area contributed by atoms with Gasteiger partial charge in [-0.05, 0) is 38.2 Å². The number of pyridine rings is 1. The predicted octanol–water partition coefficient (Wildman–Crippen LogP) is 3.36. The van der Waals surface area contributed by atoms with Crippen molar-refractivity contribution >= 4 is 11.7 Å². The molecule has 2 bridgehead atoms. The van der Waals surface area contributed by atoms with Gasteiger partial charge < -0.3 is 14.3 Å². The number of hydrogen-bond donors (Lipinski definition) is 0. The van der Waals surface area contributed by atoms with Crippen molar-refractivity contribution in [2.45, 2.75) is 71.3 Å². The van der Waals surface area contributed by atoms with Gasteiger partial charge in [-0.3, -0.25) is 9.59 Å². The zero-order chi connectivity index (χ0) is 19.4. The van der Waals surface area contributed by atoms with Crippen LogP contribution in [-0.2, 0) is 16.1 Å². The summed E-state index contributed by atoms with van der Waals surface area (Å²) >= 11 is 0. The molecule has 0 aliphatic carbocycles. The molecule has 3 heterocycles. The summed E-state index contributed by atoms with van der Waals surface area (Å²) in [5, 5.41) is 0. The lowest BCUT2D eigenvalue weighted by Gasteiger charge is -2.43. The number of ketones is 1. The molecular formula is C22H32N2O3. The Kier molecular flexibility index (Phi) is 6.51. The zero-order valence-electron chi connectivity index (χ0n) is 16.7. The molecule has 0 radical (unpaired) electrons. The highest BCUT2D eigenvalue weighted by atomic mass is 16.2. The third-order valence-electron chi connectivity index (χ3n) is 6.14. The van der Waals surface area contributed by atoms with Crippen LogP contribution in [0, 0.1) is 11.8 Å². The van der Waals surface area contributed by atoms with E-state index in [0.29, 0.717) is 31.8 Å². The molecule has 3 unspecified atom stereocenters. The highest BCUT2D eigenvalue weighted by Crippen LogP contribution is 2.36. The number of Topliss-reactive ketones (excluding diaryl/α,β-unsaturated/α-hetero) is 1. The summed E-state index contributed by atoms with van der Waals surface area (Å²) in [6.07, 6.45) is 6.40. The Morgan fingerprint density at radius 2 is 1.96 bits per heavy atom. The molecule has 148 valence electrons. The molecule has 5 heteroatoms. The average molecular weight is 373 g/mol.